The average Bonchev–Trinajstić information content (AvgIpc) is 3.35. The molecule has 2 heterocycles. The van der Waals surface area contributed by atoms with E-state index < -0.39 is 6.04 Å². The van der Waals surface area contributed by atoms with Gasteiger partial charge < -0.3 is 15.1 Å². The first-order valence-corrected chi connectivity index (χ1v) is 11.1. The van der Waals surface area contributed by atoms with Crippen LogP contribution in [0.25, 0.3) is 0 Å². The standard InChI is InChI=1S/C25H29N3O3/c29-22-13-4-5-16-28(22)23(20-10-2-1-3-11-20)24(30)26-18-19-9-8-12-21(17-19)25(31)27-14-6-7-15-27/h1-3,8-12,17,23H,4-7,13-16,18H2,(H,26,30). The molecule has 0 aliphatic carbocycles. The zero-order chi connectivity index (χ0) is 21.6. The molecule has 0 aromatic heterocycles. The van der Waals surface area contributed by atoms with E-state index in [9.17, 15) is 14.4 Å². The van der Waals surface area contributed by atoms with Crippen LogP contribution in [0.4, 0.5) is 0 Å². The van der Waals surface area contributed by atoms with Crippen molar-refractivity contribution in [1.82, 2.24) is 15.1 Å². The fraction of sp³-hybridized carbons (Fsp3) is 0.400. The molecule has 0 spiro atoms. The molecule has 2 aromatic rings. The van der Waals surface area contributed by atoms with Crippen LogP contribution in [0.2, 0.25) is 0 Å². The summed E-state index contributed by atoms with van der Waals surface area (Å²) in [6.07, 6.45) is 4.37. The molecule has 3 amide bonds. The topological polar surface area (TPSA) is 69.7 Å². The normalized spacial score (nSPS) is 17.5. The van der Waals surface area contributed by atoms with Crippen molar-refractivity contribution in [2.75, 3.05) is 19.6 Å². The van der Waals surface area contributed by atoms with E-state index >= 15 is 0 Å². The van der Waals surface area contributed by atoms with Gasteiger partial charge in [0.15, 0.2) is 0 Å². The van der Waals surface area contributed by atoms with Gasteiger partial charge >= 0.3 is 0 Å². The molecule has 6 heteroatoms. The Morgan fingerprint density at radius 1 is 0.903 bits per heavy atom. The lowest BCUT2D eigenvalue weighted by molar-refractivity contribution is -0.142. The molecule has 1 atom stereocenters. The maximum atomic E-state index is 13.2. The van der Waals surface area contributed by atoms with Gasteiger partial charge in [-0.25, -0.2) is 0 Å². The summed E-state index contributed by atoms with van der Waals surface area (Å²) in [5, 5.41) is 2.99. The average molecular weight is 420 g/mol. The number of rotatable bonds is 6. The first kappa shape index (κ1) is 21.1. The van der Waals surface area contributed by atoms with Gasteiger partial charge in [-0.1, -0.05) is 42.5 Å². The fourth-order valence-corrected chi connectivity index (χ4v) is 4.41. The molecule has 0 radical (unpaired) electrons. The number of piperidine rings is 1. The molecule has 2 aliphatic rings. The minimum absolute atomic E-state index is 0.0217. The Bertz CT molecular complexity index is 938. The number of benzene rings is 2. The molecule has 2 aliphatic heterocycles. The van der Waals surface area contributed by atoms with Gasteiger partial charge in [-0.3, -0.25) is 14.4 Å². The summed E-state index contributed by atoms with van der Waals surface area (Å²) >= 11 is 0. The molecule has 6 nitrogen and oxygen atoms in total. The molecule has 2 saturated heterocycles. The fourth-order valence-electron chi connectivity index (χ4n) is 4.41. The van der Waals surface area contributed by atoms with Gasteiger partial charge in [-0.15, -0.1) is 0 Å². The monoisotopic (exact) mass is 419 g/mol. The van der Waals surface area contributed by atoms with E-state index in [-0.39, 0.29) is 17.7 Å². The van der Waals surface area contributed by atoms with Crippen LogP contribution in [0.3, 0.4) is 0 Å². The third kappa shape index (κ3) is 4.95. The molecular weight excluding hydrogens is 390 g/mol. The molecular formula is C25H29N3O3. The van der Waals surface area contributed by atoms with Gasteiger partial charge in [0, 0.05) is 38.2 Å². The van der Waals surface area contributed by atoms with E-state index in [0.717, 1.165) is 49.9 Å². The van der Waals surface area contributed by atoms with Gasteiger partial charge in [0.2, 0.25) is 11.8 Å². The van der Waals surface area contributed by atoms with Crippen LogP contribution in [-0.2, 0) is 16.1 Å². The molecule has 1 unspecified atom stereocenters. The lowest BCUT2D eigenvalue weighted by Crippen LogP contribution is -2.45. The Hall–Kier alpha value is -3.15. The van der Waals surface area contributed by atoms with E-state index in [1.807, 2.05) is 59.5 Å². The third-order valence-electron chi connectivity index (χ3n) is 6.07. The second kappa shape index (κ2) is 9.77. The predicted molar refractivity (Wildman–Crippen MR) is 118 cm³/mol. The van der Waals surface area contributed by atoms with E-state index in [1.165, 1.54) is 0 Å². The Morgan fingerprint density at radius 2 is 1.65 bits per heavy atom. The van der Waals surface area contributed by atoms with E-state index in [2.05, 4.69) is 5.32 Å². The summed E-state index contributed by atoms with van der Waals surface area (Å²) in [5.41, 5.74) is 2.34. The molecule has 162 valence electrons. The summed E-state index contributed by atoms with van der Waals surface area (Å²) < 4.78 is 0. The molecule has 31 heavy (non-hydrogen) atoms. The highest BCUT2D eigenvalue weighted by Gasteiger charge is 2.32. The Labute approximate surface area is 183 Å². The van der Waals surface area contributed by atoms with Gasteiger partial charge in [0.05, 0.1) is 0 Å². The second-order valence-electron chi connectivity index (χ2n) is 8.27. The van der Waals surface area contributed by atoms with Crippen molar-refractivity contribution >= 4 is 17.7 Å². The van der Waals surface area contributed by atoms with Crippen molar-refractivity contribution in [3.05, 3.63) is 71.3 Å². The maximum absolute atomic E-state index is 13.2. The first-order valence-electron chi connectivity index (χ1n) is 11.1. The summed E-state index contributed by atoms with van der Waals surface area (Å²) in [6.45, 7) is 2.52. The molecule has 2 aromatic carbocycles. The van der Waals surface area contributed by atoms with Crippen LogP contribution < -0.4 is 5.32 Å². The van der Waals surface area contributed by atoms with Crippen molar-refractivity contribution in [2.45, 2.75) is 44.7 Å². The molecule has 1 N–H and O–H groups in total. The predicted octanol–water partition coefficient (Wildman–Crippen LogP) is 3.29. The highest BCUT2D eigenvalue weighted by atomic mass is 16.2. The van der Waals surface area contributed by atoms with E-state index in [1.54, 1.807) is 4.90 Å². The smallest absolute Gasteiger partial charge is 0.253 e. The third-order valence-corrected chi connectivity index (χ3v) is 6.07. The summed E-state index contributed by atoms with van der Waals surface area (Å²) in [4.78, 5) is 42.0. The van der Waals surface area contributed by atoms with Crippen molar-refractivity contribution in [3.8, 4) is 0 Å². The minimum Gasteiger partial charge on any atom is -0.350 e. The van der Waals surface area contributed by atoms with Crippen molar-refractivity contribution in [2.24, 2.45) is 0 Å². The van der Waals surface area contributed by atoms with E-state index in [0.29, 0.717) is 25.1 Å². The van der Waals surface area contributed by atoms with Crippen LogP contribution >= 0.6 is 0 Å². The summed E-state index contributed by atoms with van der Waals surface area (Å²) in [6, 6.07) is 16.3. The van der Waals surface area contributed by atoms with Crippen molar-refractivity contribution in [3.63, 3.8) is 0 Å². The molecule has 0 saturated carbocycles. The van der Waals surface area contributed by atoms with Crippen molar-refractivity contribution < 1.29 is 14.4 Å². The Morgan fingerprint density at radius 3 is 2.39 bits per heavy atom. The highest BCUT2D eigenvalue weighted by Crippen LogP contribution is 2.26. The zero-order valence-electron chi connectivity index (χ0n) is 17.8. The summed E-state index contributed by atoms with van der Waals surface area (Å²) in [7, 11) is 0. The number of hydrogen-bond acceptors (Lipinski definition) is 3. The first-order chi connectivity index (χ1) is 15.1. The highest BCUT2D eigenvalue weighted by molar-refractivity contribution is 5.94. The lowest BCUT2D eigenvalue weighted by Gasteiger charge is -2.34. The Balaban J connectivity index is 1.47. The maximum Gasteiger partial charge on any atom is 0.253 e. The number of carbonyl (C=O) groups is 3. The van der Waals surface area contributed by atoms with Gasteiger partial charge in [0.1, 0.15) is 6.04 Å². The second-order valence-corrected chi connectivity index (χ2v) is 8.27. The molecule has 2 fully saturated rings. The van der Waals surface area contributed by atoms with Gasteiger partial charge in [-0.2, -0.15) is 0 Å². The Kier molecular flexibility index (Phi) is 6.65. The van der Waals surface area contributed by atoms with Crippen LogP contribution in [0, 0.1) is 0 Å². The molecule has 4 rings (SSSR count). The van der Waals surface area contributed by atoms with Crippen molar-refractivity contribution in [1.29, 1.82) is 0 Å². The van der Waals surface area contributed by atoms with Crippen LogP contribution in [-0.4, -0.2) is 47.2 Å². The minimum atomic E-state index is -0.636. The number of carbonyl (C=O) groups excluding carboxylic acids is 3. The summed E-state index contributed by atoms with van der Waals surface area (Å²) in [5.74, 6) is -0.127. The largest absolute Gasteiger partial charge is 0.350 e. The number of amides is 3. The SMILES string of the molecule is O=C(NCc1cccc(C(=O)N2CCCC2)c1)C(c1ccccc1)N1CCCCC1=O. The van der Waals surface area contributed by atoms with Gasteiger partial charge in [0.25, 0.3) is 5.91 Å². The van der Waals surface area contributed by atoms with Crippen LogP contribution in [0.5, 0.6) is 0 Å². The number of nitrogens with one attached hydrogen (secondary N) is 1. The van der Waals surface area contributed by atoms with Gasteiger partial charge in [-0.05, 0) is 48.9 Å². The lowest BCUT2D eigenvalue weighted by atomic mass is 10.0. The zero-order valence-corrected chi connectivity index (χ0v) is 17.8. The van der Waals surface area contributed by atoms with E-state index in [4.69, 9.17) is 0 Å². The van der Waals surface area contributed by atoms with Crippen LogP contribution in [0.1, 0.15) is 59.6 Å². The number of hydrogen-bond donors (Lipinski definition) is 1. The quantitative estimate of drug-likeness (QED) is 0.781. The molecule has 0 bridgehead atoms. The number of nitrogens with zero attached hydrogens (tertiary/aromatic N) is 2. The van der Waals surface area contributed by atoms with Crippen LogP contribution in [0.15, 0.2) is 54.6 Å². The number of likely N-dealkylation sites (tertiary alicyclic amines) is 2.